The molecule has 2 aliphatic heterocycles. The number of aromatic nitrogens is 2. The Morgan fingerprint density at radius 3 is 2.74 bits per heavy atom. The van der Waals surface area contributed by atoms with Crippen LogP contribution in [-0.4, -0.2) is 36.4 Å². The molecule has 7 heteroatoms. The number of ether oxygens (including phenoxy) is 3. The average molecular weight is 365 g/mol. The molecule has 2 aromatic carbocycles. The van der Waals surface area contributed by atoms with E-state index < -0.39 is 0 Å². The molecule has 0 saturated heterocycles. The number of H-pyrrole nitrogens is 1. The third-order valence-electron chi connectivity index (χ3n) is 5.12. The van der Waals surface area contributed by atoms with Gasteiger partial charge in [0.1, 0.15) is 5.75 Å². The van der Waals surface area contributed by atoms with E-state index in [0.29, 0.717) is 36.9 Å². The summed E-state index contributed by atoms with van der Waals surface area (Å²) >= 11 is 0. The zero-order valence-electron chi connectivity index (χ0n) is 14.9. The lowest BCUT2D eigenvalue weighted by atomic mass is 9.83. The summed E-state index contributed by atoms with van der Waals surface area (Å²) in [5.41, 5.74) is 3.64. The highest BCUT2D eigenvalue weighted by molar-refractivity contribution is 5.98. The topological polar surface area (TPSA) is 85.5 Å². The molecule has 138 valence electrons. The minimum Gasteiger partial charge on any atom is -0.496 e. The van der Waals surface area contributed by atoms with Crippen LogP contribution < -0.4 is 19.5 Å². The Bertz CT molecular complexity index is 1040. The molecule has 2 aliphatic rings. The van der Waals surface area contributed by atoms with Gasteiger partial charge in [-0.3, -0.25) is 9.89 Å². The summed E-state index contributed by atoms with van der Waals surface area (Å²) in [4.78, 5) is 12.4. The number of benzene rings is 2. The molecule has 1 amide bonds. The van der Waals surface area contributed by atoms with E-state index in [2.05, 4.69) is 21.6 Å². The average Bonchev–Trinajstić information content (AvgIpc) is 3.00. The van der Waals surface area contributed by atoms with E-state index in [1.807, 2.05) is 18.2 Å². The fourth-order valence-corrected chi connectivity index (χ4v) is 3.83. The molecule has 2 N–H and O–H groups in total. The molecule has 1 aromatic heterocycles. The van der Waals surface area contributed by atoms with Gasteiger partial charge in [-0.25, -0.2) is 0 Å². The molecule has 3 aromatic rings. The van der Waals surface area contributed by atoms with Crippen LogP contribution in [0.15, 0.2) is 30.5 Å². The van der Waals surface area contributed by atoms with E-state index in [9.17, 15) is 4.79 Å². The minimum absolute atomic E-state index is 0.0273. The summed E-state index contributed by atoms with van der Waals surface area (Å²) in [7, 11) is 1.63. The number of nitrogens with zero attached hydrogens (tertiary/aromatic N) is 1. The number of nitrogens with one attached hydrogen (secondary N) is 2. The third kappa shape index (κ3) is 2.66. The standard InChI is InChI=1S/C20H19N3O4/c1-25-17-9-19-18(26-3-2-4-27-19)6-14(17)12-7-20(24)22-16-8-15-11(5-13(12)16)10-21-23-15/h5-6,8-10,12H,2-4,7H2,1H3,(H,21,23)(H,22,24)/t12-/m1/s1. The smallest absolute Gasteiger partial charge is 0.225 e. The molecule has 0 aliphatic carbocycles. The number of anilines is 1. The number of carbonyl (C=O) groups is 1. The van der Waals surface area contributed by atoms with E-state index >= 15 is 0 Å². The predicted molar refractivity (Wildman–Crippen MR) is 99.8 cm³/mol. The normalized spacial score (nSPS) is 18.6. The quantitative estimate of drug-likeness (QED) is 0.728. The van der Waals surface area contributed by atoms with E-state index in [4.69, 9.17) is 14.2 Å². The van der Waals surface area contributed by atoms with Crippen molar-refractivity contribution in [3.05, 3.63) is 41.6 Å². The lowest BCUT2D eigenvalue weighted by molar-refractivity contribution is -0.116. The van der Waals surface area contributed by atoms with Crippen molar-refractivity contribution in [1.82, 2.24) is 10.2 Å². The van der Waals surface area contributed by atoms with Gasteiger partial charge in [0.25, 0.3) is 0 Å². The van der Waals surface area contributed by atoms with Crippen molar-refractivity contribution in [1.29, 1.82) is 0 Å². The number of hydrogen-bond donors (Lipinski definition) is 2. The van der Waals surface area contributed by atoms with Crippen LogP contribution in [0.5, 0.6) is 17.2 Å². The highest BCUT2D eigenvalue weighted by Crippen LogP contribution is 2.46. The van der Waals surface area contributed by atoms with E-state index in [1.165, 1.54) is 0 Å². The van der Waals surface area contributed by atoms with E-state index in [0.717, 1.165) is 34.1 Å². The molecule has 0 saturated carbocycles. The zero-order valence-corrected chi connectivity index (χ0v) is 14.9. The first kappa shape index (κ1) is 16.0. The van der Waals surface area contributed by atoms with Crippen molar-refractivity contribution in [2.45, 2.75) is 18.8 Å². The Kier molecular flexibility index (Phi) is 3.67. The van der Waals surface area contributed by atoms with Gasteiger partial charge in [0.15, 0.2) is 11.5 Å². The summed E-state index contributed by atoms with van der Waals surface area (Å²) < 4.78 is 17.3. The van der Waals surface area contributed by atoms with Crippen molar-refractivity contribution in [3.63, 3.8) is 0 Å². The zero-order chi connectivity index (χ0) is 18.4. The number of aromatic amines is 1. The van der Waals surface area contributed by atoms with Gasteiger partial charge in [-0.05, 0) is 23.8 Å². The van der Waals surface area contributed by atoms with Gasteiger partial charge < -0.3 is 19.5 Å². The van der Waals surface area contributed by atoms with Crippen LogP contribution in [0, 0.1) is 0 Å². The van der Waals surface area contributed by atoms with Crippen molar-refractivity contribution >= 4 is 22.5 Å². The number of fused-ring (bicyclic) bond motifs is 3. The summed E-state index contributed by atoms with van der Waals surface area (Å²) in [6.07, 6.45) is 2.96. The molecule has 0 spiro atoms. The number of carbonyl (C=O) groups excluding carboxylic acids is 1. The lowest BCUT2D eigenvalue weighted by Gasteiger charge is -2.28. The minimum atomic E-state index is -0.139. The van der Waals surface area contributed by atoms with Gasteiger partial charge in [0, 0.05) is 41.5 Å². The van der Waals surface area contributed by atoms with Crippen molar-refractivity contribution in [2.75, 3.05) is 25.6 Å². The summed E-state index contributed by atoms with van der Waals surface area (Å²) in [6.45, 7) is 1.22. The van der Waals surface area contributed by atoms with Crippen LogP contribution in [0.1, 0.15) is 29.9 Å². The van der Waals surface area contributed by atoms with E-state index in [1.54, 1.807) is 13.3 Å². The van der Waals surface area contributed by atoms with Crippen LogP contribution in [-0.2, 0) is 4.79 Å². The second-order valence-corrected chi connectivity index (χ2v) is 6.79. The van der Waals surface area contributed by atoms with Gasteiger partial charge in [0.05, 0.1) is 32.0 Å². The van der Waals surface area contributed by atoms with Crippen LogP contribution >= 0.6 is 0 Å². The predicted octanol–water partition coefficient (Wildman–Crippen LogP) is 3.21. The largest absolute Gasteiger partial charge is 0.496 e. The Labute approximate surface area is 155 Å². The van der Waals surface area contributed by atoms with E-state index in [-0.39, 0.29) is 11.8 Å². The first-order chi connectivity index (χ1) is 13.2. The fourth-order valence-electron chi connectivity index (χ4n) is 3.83. The highest BCUT2D eigenvalue weighted by Gasteiger charge is 2.31. The first-order valence-electron chi connectivity index (χ1n) is 8.97. The van der Waals surface area contributed by atoms with Gasteiger partial charge >= 0.3 is 0 Å². The number of methoxy groups -OCH3 is 1. The molecular weight excluding hydrogens is 346 g/mol. The molecular formula is C20H19N3O4. The van der Waals surface area contributed by atoms with Crippen LogP contribution in [0.4, 0.5) is 5.69 Å². The third-order valence-corrected chi connectivity index (χ3v) is 5.12. The Morgan fingerprint density at radius 1 is 1.11 bits per heavy atom. The fraction of sp³-hybridized carbons (Fsp3) is 0.300. The highest BCUT2D eigenvalue weighted by atomic mass is 16.5. The number of hydrogen-bond acceptors (Lipinski definition) is 5. The van der Waals surface area contributed by atoms with Crippen LogP contribution in [0.2, 0.25) is 0 Å². The molecule has 0 fully saturated rings. The lowest BCUT2D eigenvalue weighted by Crippen LogP contribution is -2.23. The van der Waals surface area contributed by atoms with Gasteiger partial charge in [-0.1, -0.05) is 0 Å². The molecule has 7 nitrogen and oxygen atoms in total. The molecule has 0 radical (unpaired) electrons. The maximum atomic E-state index is 12.4. The molecule has 5 rings (SSSR count). The molecule has 3 heterocycles. The number of amides is 1. The maximum Gasteiger partial charge on any atom is 0.225 e. The van der Waals surface area contributed by atoms with Gasteiger partial charge in [-0.2, -0.15) is 5.10 Å². The molecule has 0 bridgehead atoms. The second kappa shape index (κ2) is 6.19. The van der Waals surface area contributed by atoms with Crippen molar-refractivity contribution in [2.24, 2.45) is 0 Å². The van der Waals surface area contributed by atoms with Gasteiger partial charge in [-0.15, -0.1) is 0 Å². The second-order valence-electron chi connectivity index (χ2n) is 6.79. The van der Waals surface area contributed by atoms with Crippen molar-refractivity contribution < 1.29 is 19.0 Å². The Balaban J connectivity index is 1.68. The first-order valence-corrected chi connectivity index (χ1v) is 8.97. The summed E-state index contributed by atoms with van der Waals surface area (Å²) in [5, 5.41) is 11.0. The Morgan fingerprint density at radius 2 is 1.93 bits per heavy atom. The molecule has 0 unspecified atom stereocenters. The SMILES string of the molecule is COc1cc2c(cc1[C@@H]1CC(=O)Nc3cc4[nH]ncc4cc31)OCCCO2. The monoisotopic (exact) mass is 365 g/mol. The maximum absolute atomic E-state index is 12.4. The summed E-state index contributed by atoms with van der Waals surface area (Å²) in [5.74, 6) is 1.90. The number of rotatable bonds is 2. The van der Waals surface area contributed by atoms with Crippen LogP contribution in [0.3, 0.4) is 0 Å². The molecule has 27 heavy (non-hydrogen) atoms. The summed E-state index contributed by atoms with van der Waals surface area (Å²) in [6, 6.07) is 7.81. The van der Waals surface area contributed by atoms with Crippen molar-refractivity contribution in [3.8, 4) is 17.2 Å². The Hall–Kier alpha value is -3.22. The van der Waals surface area contributed by atoms with Crippen LogP contribution in [0.25, 0.3) is 10.9 Å². The molecule has 1 atom stereocenters. The van der Waals surface area contributed by atoms with Gasteiger partial charge in [0.2, 0.25) is 5.91 Å².